The van der Waals surface area contributed by atoms with Gasteiger partial charge in [-0.2, -0.15) is 13.2 Å². The van der Waals surface area contributed by atoms with Crippen molar-refractivity contribution in [3.05, 3.63) is 51.7 Å². The minimum Gasteiger partial charge on any atom is -0.293 e. The maximum atomic E-state index is 12.7. The number of alkyl halides is 3. The molecule has 0 aromatic carbocycles. The van der Waals surface area contributed by atoms with Gasteiger partial charge in [-0.15, -0.1) is 0 Å². The van der Waals surface area contributed by atoms with Crippen LogP contribution in [0.1, 0.15) is 17.0 Å². The van der Waals surface area contributed by atoms with Gasteiger partial charge in [-0.3, -0.25) is 14.9 Å². The van der Waals surface area contributed by atoms with Crippen molar-refractivity contribution in [3.8, 4) is 11.3 Å². The van der Waals surface area contributed by atoms with E-state index in [9.17, 15) is 18.0 Å². The number of hydrogen-bond donors (Lipinski definition) is 1. The normalized spacial score (nSPS) is 12.0. The van der Waals surface area contributed by atoms with Gasteiger partial charge in [0.15, 0.2) is 5.65 Å². The monoisotopic (exact) mass is 322 g/mol. The van der Waals surface area contributed by atoms with Crippen molar-refractivity contribution in [1.29, 1.82) is 0 Å². The van der Waals surface area contributed by atoms with Crippen molar-refractivity contribution in [3.63, 3.8) is 0 Å². The summed E-state index contributed by atoms with van der Waals surface area (Å²) in [6.07, 6.45) is -4.17. The molecule has 0 fully saturated rings. The molecule has 0 saturated carbocycles. The van der Waals surface area contributed by atoms with E-state index in [0.29, 0.717) is 17.0 Å². The fourth-order valence-electron chi connectivity index (χ4n) is 2.55. The first-order valence-corrected chi connectivity index (χ1v) is 6.87. The summed E-state index contributed by atoms with van der Waals surface area (Å²) < 4.78 is 39.0. The number of fused-ring (bicyclic) bond motifs is 1. The molecule has 0 aliphatic carbocycles. The van der Waals surface area contributed by atoms with Crippen molar-refractivity contribution in [2.24, 2.45) is 0 Å². The standard InChI is InChI=1S/C15H13F3N4O/c1-8-10(7-15(16,17)18)14(23)22-13(20-8)12(9(2)21-22)11-5-3-4-6-19-11/h3-6,21H,7H2,1-2H3. The van der Waals surface area contributed by atoms with Gasteiger partial charge in [0.05, 0.1) is 17.7 Å². The van der Waals surface area contributed by atoms with Crippen LogP contribution in [0.2, 0.25) is 0 Å². The van der Waals surface area contributed by atoms with Crippen LogP contribution in [0.5, 0.6) is 0 Å². The molecule has 3 heterocycles. The molecular formula is C15H13F3N4O. The lowest BCUT2D eigenvalue weighted by molar-refractivity contribution is -0.127. The van der Waals surface area contributed by atoms with E-state index < -0.39 is 18.2 Å². The van der Waals surface area contributed by atoms with E-state index in [1.54, 1.807) is 31.3 Å². The molecule has 0 spiro atoms. The molecule has 0 unspecified atom stereocenters. The van der Waals surface area contributed by atoms with E-state index in [2.05, 4.69) is 15.1 Å². The summed E-state index contributed by atoms with van der Waals surface area (Å²) in [4.78, 5) is 20.8. The summed E-state index contributed by atoms with van der Waals surface area (Å²) in [6.45, 7) is 3.13. The second kappa shape index (κ2) is 5.22. The number of halogens is 3. The lowest BCUT2D eigenvalue weighted by Crippen LogP contribution is -2.26. The number of nitrogens with zero attached hydrogens (tertiary/aromatic N) is 3. The molecule has 0 atom stereocenters. The van der Waals surface area contributed by atoms with Gasteiger partial charge in [0.25, 0.3) is 5.56 Å². The molecule has 3 rings (SSSR count). The molecule has 0 radical (unpaired) electrons. The van der Waals surface area contributed by atoms with Gasteiger partial charge in [-0.25, -0.2) is 9.50 Å². The second-order valence-electron chi connectivity index (χ2n) is 5.26. The summed E-state index contributed by atoms with van der Waals surface area (Å²) in [6, 6.07) is 5.29. The highest BCUT2D eigenvalue weighted by Gasteiger charge is 2.31. The van der Waals surface area contributed by atoms with Crippen LogP contribution in [-0.4, -0.2) is 25.8 Å². The van der Waals surface area contributed by atoms with Crippen molar-refractivity contribution in [2.75, 3.05) is 0 Å². The Labute approximate surface area is 128 Å². The van der Waals surface area contributed by atoms with Gasteiger partial charge in [-0.05, 0) is 26.0 Å². The zero-order chi connectivity index (χ0) is 16.8. The number of aryl methyl sites for hydroxylation is 2. The molecule has 3 aromatic rings. The number of aromatic amines is 1. The maximum Gasteiger partial charge on any atom is 0.393 e. The van der Waals surface area contributed by atoms with Crippen molar-refractivity contribution >= 4 is 5.65 Å². The molecule has 120 valence electrons. The SMILES string of the molecule is Cc1nc2c(-c3ccccn3)c(C)[nH]n2c(=O)c1CC(F)(F)F. The van der Waals surface area contributed by atoms with Crippen LogP contribution >= 0.6 is 0 Å². The molecule has 0 saturated heterocycles. The highest BCUT2D eigenvalue weighted by Crippen LogP contribution is 2.26. The predicted octanol–water partition coefficient (Wildman–Crippen LogP) is 2.81. The van der Waals surface area contributed by atoms with Crippen LogP contribution in [-0.2, 0) is 6.42 Å². The van der Waals surface area contributed by atoms with Gasteiger partial charge in [0.2, 0.25) is 0 Å². The fraction of sp³-hybridized carbons (Fsp3) is 0.267. The summed E-state index contributed by atoms with van der Waals surface area (Å²) in [7, 11) is 0. The van der Waals surface area contributed by atoms with E-state index in [0.717, 1.165) is 4.52 Å². The lowest BCUT2D eigenvalue weighted by Gasteiger charge is -2.08. The quantitative estimate of drug-likeness (QED) is 0.789. The first kappa shape index (κ1) is 15.3. The van der Waals surface area contributed by atoms with Crippen LogP contribution in [0.4, 0.5) is 13.2 Å². The maximum absolute atomic E-state index is 12.7. The number of rotatable bonds is 2. The zero-order valence-corrected chi connectivity index (χ0v) is 12.4. The van der Waals surface area contributed by atoms with Gasteiger partial charge < -0.3 is 0 Å². The Kier molecular flexibility index (Phi) is 3.46. The summed E-state index contributed by atoms with van der Waals surface area (Å²) in [5, 5.41) is 2.78. The average Bonchev–Trinajstić information content (AvgIpc) is 2.80. The molecule has 3 aromatic heterocycles. The smallest absolute Gasteiger partial charge is 0.293 e. The Balaban J connectivity index is 2.29. The van der Waals surface area contributed by atoms with Gasteiger partial charge in [-0.1, -0.05) is 6.07 Å². The summed E-state index contributed by atoms with van der Waals surface area (Å²) in [5.74, 6) is 0. The highest BCUT2D eigenvalue weighted by atomic mass is 19.4. The van der Waals surface area contributed by atoms with Crippen LogP contribution < -0.4 is 5.56 Å². The predicted molar refractivity (Wildman–Crippen MR) is 78.3 cm³/mol. The molecule has 0 amide bonds. The van der Waals surface area contributed by atoms with Gasteiger partial charge in [0.1, 0.15) is 0 Å². The zero-order valence-electron chi connectivity index (χ0n) is 12.4. The van der Waals surface area contributed by atoms with E-state index in [4.69, 9.17) is 0 Å². The first-order chi connectivity index (χ1) is 10.8. The van der Waals surface area contributed by atoms with Crippen LogP contribution in [0.3, 0.4) is 0 Å². The summed E-state index contributed by atoms with van der Waals surface area (Å²) >= 11 is 0. The summed E-state index contributed by atoms with van der Waals surface area (Å²) in [5.41, 5.74) is 1.05. The number of hydrogen-bond acceptors (Lipinski definition) is 3. The number of aromatic nitrogens is 4. The van der Waals surface area contributed by atoms with Gasteiger partial charge in [0, 0.05) is 23.1 Å². The highest BCUT2D eigenvalue weighted by molar-refractivity contribution is 5.77. The largest absolute Gasteiger partial charge is 0.393 e. The first-order valence-electron chi connectivity index (χ1n) is 6.87. The van der Waals surface area contributed by atoms with Crippen LogP contribution in [0, 0.1) is 13.8 Å². The molecular weight excluding hydrogens is 309 g/mol. The average molecular weight is 322 g/mol. The number of pyridine rings is 1. The third-order valence-corrected chi connectivity index (χ3v) is 3.56. The third kappa shape index (κ3) is 2.71. The van der Waals surface area contributed by atoms with E-state index >= 15 is 0 Å². The van der Waals surface area contributed by atoms with E-state index in [1.165, 1.54) is 6.92 Å². The molecule has 8 heteroatoms. The number of nitrogens with one attached hydrogen (secondary N) is 1. The lowest BCUT2D eigenvalue weighted by atomic mass is 10.1. The van der Waals surface area contributed by atoms with Crippen LogP contribution in [0.25, 0.3) is 16.9 Å². The van der Waals surface area contributed by atoms with Gasteiger partial charge >= 0.3 is 6.18 Å². The Morgan fingerprint density at radius 3 is 2.61 bits per heavy atom. The molecule has 5 nitrogen and oxygen atoms in total. The minimum absolute atomic E-state index is 0.0727. The fourth-order valence-corrected chi connectivity index (χ4v) is 2.55. The van der Waals surface area contributed by atoms with Crippen molar-refractivity contribution in [1.82, 2.24) is 19.6 Å². The molecule has 0 bridgehead atoms. The van der Waals surface area contributed by atoms with E-state index in [1.807, 2.05) is 0 Å². The molecule has 1 N–H and O–H groups in total. The Hall–Kier alpha value is -2.64. The Bertz CT molecular complexity index is 926. The second-order valence-corrected chi connectivity index (χ2v) is 5.26. The van der Waals surface area contributed by atoms with Crippen molar-refractivity contribution < 1.29 is 13.2 Å². The van der Waals surface area contributed by atoms with E-state index in [-0.39, 0.29) is 16.9 Å². The van der Waals surface area contributed by atoms with Crippen molar-refractivity contribution in [2.45, 2.75) is 26.4 Å². The topological polar surface area (TPSA) is 63.1 Å². The minimum atomic E-state index is -4.47. The molecule has 0 aliphatic heterocycles. The Morgan fingerprint density at radius 1 is 1.26 bits per heavy atom. The Morgan fingerprint density at radius 2 is 2.00 bits per heavy atom. The molecule has 0 aliphatic rings. The third-order valence-electron chi connectivity index (χ3n) is 3.56. The van der Waals surface area contributed by atoms with Crippen LogP contribution in [0.15, 0.2) is 29.2 Å². The molecule has 23 heavy (non-hydrogen) atoms. The number of H-pyrrole nitrogens is 1.